The van der Waals surface area contributed by atoms with Crippen molar-refractivity contribution in [3.05, 3.63) is 42.1 Å². The van der Waals surface area contributed by atoms with Crippen LogP contribution in [0.5, 0.6) is 0 Å². The van der Waals surface area contributed by atoms with Crippen LogP contribution in [0.25, 0.3) is 20.7 Å². The van der Waals surface area contributed by atoms with E-state index in [4.69, 9.17) is 4.98 Å². The van der Waals surface area contributed by atoms with Gasteiger partial charge in [-0.05, 0) is 49.2 Å². The largest absolute Gasteiger partial charge is 0.354 e. The number of hydrogen-bond donors (Lipinski definition) is 2. The fourth-order valence-corrected chi connectivity index (χ4v) is 5.21. The van der Waals surface area contributed by atoms with Crippen molar-refractivity contribution in [2.24, 2.45) is 0 Å². The van der Waals surface area contributed by atoms with Gasteiger partial charge in [-0.15, -0.1) is 11.3 Å². The number of nitrogens with zero attached hydrogens (tertiary/aromatic N) is 4. The lowest BCUT2D eigenvalue weighted by Gasteiger charge is -2.32. The zero-order valence-corrected chi connectivity index (χ0v) is 20.2. The molecule has 0 atom stereocenters. The van der Waals surface area contributed by atoms with Crippen LogP contribution in [-0.2, 0) is 16.6 Å². The molecule has 0 spiro atoms. The van der Waals surface area contributed by atoms with Crippen LogP contribution < -0.4 is 10.0 Å². The second-order valence-corrected chi connectivity index (χ2v) is 11.2. The SMILES string of the molecule is CN1CCN(CCCNc2nccc(-c3cc4ccc(CNS(C)(=O)=O)cc4s3)n2)CC1. The van der Waals surface area contributed by atoms with Crippen LogP contribution in [0, 0.1) is 0 Å². The molecular formula is C22H30N6O2S2. The fraction of sp³-hybridized carbons (Fsp3) is 0.455. The summed E-state index contributed by atoms with van der Waals surface area (Å²) in [5.74, 6) is 0.649. The number of thiophene rings is 1. The normalized spacial score (nSPS) is 15.9. The summed E-state index contributed by atoms with van der Waals surface area (Å²) in [5, 5.41) is 4.48. The minimum Gasteiger partial charge on any atom is -0.354 e. The number of rotatable bonds is 9. The monoisotopic (exact) mass is 474 g/mol. The van der Waals surface area contributed by atoms with Crippen LogP contribution in [0.2, 0.25) is 0 Å². The van der Waals surface area contributed by atoms with Gasteiger partial charge in [0, 0.05) is 50.2 Å². The van der Waals surface area contributed by atoms with Gasteiger partial charge in [-0.1, -0.05) is 12.1 Å². The van der Waals surface area contributed by atoms with Gasteiger partial charge in [-0.2, -0.15) is 0 Å². The molecule has 0 amide bonds. The lowest BCUT2D eigenvalue weighted by molar-refractivity contribution is 0.154. The molecule has 3 aromatic rings. The summed E-state index contributed by atoms with van der Waals surface area (Å²) in [5.41, 5.74) is 1.82. The molecule has 1 fully saturated rings. The van der Waals surface area contributed by atoms with Gasteiger partial charge in [0.1, 0.15) is 0 Å². The number of aromatic nitrogens is 2. The van der Waals surface area contributed by atoms with Crippen molar-refractivity contribution >= 4 is 37.4 Å². The Balaban J connectivity index is 1.35. The highest BCUT2D eigenvalue weighted by molar-refractivity contribution is 7.88. The molecule has 1 aromatic carbocycles. The maximum atomic E-state index is 11.3. The Morgan fingerprint density at radius 1 is 1.12 bits per heavy atom. The molecule has 172 valence electrons. The van der Waals surface area contributed by atoms with E-state index in [2.05, 4.69) is 37.9 Å². The van der Waals surface area contributed by atoms with Crippen LogP contribution >= 0.6 is 11.3 Å². The van der Waals surface area contributed by atoms with Crippen molar-refractivity contribution < 1.29 is 8.42 Å². The highest BCUT2D eigenvalue weighted by Crippen LogP contribution is 2.33. The van der Waals surface area contributed by atoms with E-state index in [-0.39, 0.29) is 6.54 Å². The lowest BCUT2D eigenvalue weighted by Crippen LogP contribution is -2.44. The number of hydrogen-bond acceptors (Lipinski definition) is 8. The molecule has 4 rings (SSSR count). The molecular weight excluding hydrogens is 444 g/mol. The van der Waals surface area contributed by atoms with Crippen molar-refractivity contribution in [2.45, 2.75) is 13.0 Å². The molecule has 2 N–H and O–H groups in total. The Labute approximate surface area is 193 Å². The van der Waals surface area contributed by atoms with E-state index in [9.17, 15) is 8.42 Å². The van der Waals surface area contributed by atoms with Crippen molar-refractivity contribution in [3.8, 4) is 10.6 Å². The lowest BCUT2D eigenvalue weighted by atomic mass is 10.1. The third-order valence-electron chi connectivity index (χ3n) is 5.56. The van der Waals surface area contributed by atoms with E-state index in [1.165, 1.54) is 6.26 Å². The van der Waals surface area contributed by atoms with Crippen LogP contribution in [0.1, 0.15) is 12.0 Å². The summed E-state index contributed by atoms with van der Waals surface area (Å²) in [4.78, 5) is 15.0. The van der Waals surface area contributed by atoms with E-state index in [1.807, 2.05) is 24.3 Å². The Bertz CT molecular complexity index is 1160. The van der Waals surface area contributed by atoms with Crippen molar-refractivity contribution in [1.29, 1.82) is 0 Å². The molecule has 2 aromatic heterocycles. The van der Waals surface area contributed by atoms with Crippen LogP contribution in [-0.4, -0.2) is 80.8 Å². The molecule has 0 saturated carbocycles. The topological polar surface area (TPSA) is 90.5 Å². The molecule has 0 aliphatic carbocycles. The zero-order chi connectivity index (χ0) is 22.6. The molecule has 32 heavy (non-hydrogen) atoms. The van der Waals surface area contributed by atoms with Gasteiger partial charge in [0.05, 0.1) is 16.8 Å². The average molecular weight is 475 g/mol. The van der Waals surface area contributed by atoms with Gasteiger partial charge in [0.2, 0.25) is 16.0 Å². The Morgan fingerprint density at radius 2 is 1.94 bits per heavy atom. The number of sulfonamides is 1. The first kappa shape index (κ1) is 23.1. The predicted molar refractivity (Wildman–Crippen MR) is 132 cm³/mol. The summed E-state index contributed by atoms with van der Waals surface area (Å²) in [6.45, 7) is 6.79. The van der Waals surface area contributed by atoms with Gasteiger partial charge < -0.3 is 15.1 Å². The van der Waals surface area contributed by atoms with Gasteiger partial charge in [-0.3, -0.25) is 0 Å². The molecule has 1 aliphatic heterocycles. The van der Waals surface area contributed by atoms with Gasteiger partial charge in [-0.25, -0.2) is 23.1 Å². The fourth-order valence-electron chi connectivity index (χ4n) is 3.68. The summed E-state index contributed by atoms with van der Waals surface area (Å²) < 4.78 is 26.3. The van der Waals surface area contributed by atoms with Crippen molar-refractivity contribution in [2.75, 3.05) is 57.9 Å². The van der Waals surface area contributed by atoms with Crippen LogP contribution in [0.3, 0.4) is 0 Å². The van der Waals surface area contributed by atoms with E-state index in [0.29, 0.717) is 5.95 Å². The smallest absolute Gasteiger partial charge is 0.223 e. The number of anilines is 1. The third-order valence-corrected chi connectivity index (χ3v) is 7.35. The van der Waals surface area contributed by atoms with Crippen LogP contribution in [0.15, 0.2) is 36.5 Å². The molecule has 8 nitrogen and oxygen atoms in total. The first-order valence-electron chi connectivity index (χ1n) is 10.8. The van der Waals surface area contributed by atoms with E-state index in [0.717, 1.165) is 71.9 Å². The number of fused-ring (bicyclic) bond motifs is 1. The highest BCUT2D eigenvalue weighted by Gasteiger charge is 2.13. The van der Waals surface area contributed by atoms with Gasteiger partial charge >= 0.3 is 0 Å². The minimum absolute atomic E-state index is 0.289. The first-order chi connectivity index (χ1) is 15.4. The maximum absolute atomic E-state index is 11.3. The molecule has 3 heterocycles. The second kappa shape index (κ2) is 10.2. The standard InChI is InChI=1S/C22H30N6O2S2/c1-27-10-12-28(13-11-27)9-3-7-23-22-24-8-6-19(26-22)21-15-18-5-4-17(14-20(18)31-21)16-25-32(2,29)30/h4-6,8,14-15,25H,3,7,9-13,16H2,1-2H3,(H,23,24,26). The van der Waals surface area contributed by atoms with E-state index < -0.39 is 10.0 Å². The van der Waals surface area contributed by atoms with Gasteiger partial charge in [0.25, 0.3) is 0 Å². The molecule has 1 saturated heterocycles. The minimum atomic E-state index is -3.21. The predicted octanol–water partition coefficient (Wildman–Crippen LogP) is 2.46. The summed E-state index contributed by atoms with van der Waals surface area (Å²) in [6, 6.07) is 10.0. The molecule has 1 aliphatic rings. The van der Waals surface area contributed by atoms with Gasteiger partial charge in [0.15, 0.2) is 0 Å². The summed E-state index contributed by atoms with van der Waals surface area (Å²) >= 11 is 1.65. The Hall–Kier alpha value is -2.11. The third kappa shape index (κ3) is 6.46. The number of benzene rings is 1. The first-order valence-corrected chi connectivity index (χ1v) is 13.5. The molecule has 0 unspecified atom stereocenters. The second-order valence-electron chi connectivity index (χ2n) is 8.27. The highest BCUT2D eigenvalue weighted by atomic mass is 32.2. The van der Waals surface area contributed by atoms with Crippen LogP contribution in [0.4, 0.5) is 5.95 Å². The average Bonchev–Trinajstić information content (AvgIpc) is 3.20. The molecule has 10 heteroatoms. The quantitative estimate of drug-likeness (QED) is 0.461. The molecule has 0 bridgehead atoms. The Kier molecular flexibility index (Phi) is 7.37. The number of piperazine rings is 1. The maximum Gasteiger partial charge on any atom is 0.223 e. The number of likely N-dealkylation sites (N-methyl/N-ethyl adjacent to an activating group) is 1. The van der Waals surface area contributed by atoms with E-state index in [1.54, 1.807) is 17.5 Å². The van der Waals surface area contributed by atoms with Crippen molar-refractivity contribution in [1.82, 2.24) is 24.5 Å². The van der Waals surface area contributed by atoms with Crippen molar-refractivity contribution in [3.63, 3.8) is 0 Å². The number of nitrogens with one attached hydrogen (secondary N) is 2. The summed E-state index contributed by atoms with van der Waals surface area (Å²) in [7, 11) is -1.04. The zero-order valence-electron chi connectivity index (χ0n) is 18.5. The Morgan fingerprint density at radius 3 is 2.72 bits per heavy atom. The van der Waals surface area contributed by atoms with E-state index >= 15 is 0 Å². The summed E-state index contributed by atoms with van der Waals surface area (Å²) in [6.07, 6.45) is 4.02. The molecule has 0 radical (unpaired) electrons.